The van der Waals surface area contributed by atoms with E-state index in [-0.39, 0.29) is 0 Å². The summed E-state index contributed by atoms with van der Waals surface area (Å²) in [5, 5.41) is 8.24. The van der Waals surface area contributed by atoms with Gasteiger partial charge in [0.25, 0.3) is 0 Å². The van der Waals surface area contributed by atoms with Crippen LogP contribution in [0, 0.1) is 0 Å². The Kier molecular flexibility index (Phi) is 3.75. The molecule has 0 fully saturated rings. The van der Waals surface area contributed by atoms with Gasteiger partial charge in [0.1, 0.15) is 5.75 Å². The van der Waals surface area contributed by atoms with E-state index in [0.717, 1.165) is 22.4 Å². The summed E-state index contributed by atoms with van der Waals surface area (Å²) in [6, 6.07) is 21.0. The zero-order valence-electron chi connectivity index (χ0n) is 13.5. The molecule has 118 valence electrons. The number of nitrogens with zero attached hydrogens (tertiary/aromatic N) is 1. The van der Waals surface area contributed by atoms with Gasteiger partial charge in [0.2, 0.25) is 0 Å². The van der Waals surface area contributed by atoms with Crippen LogP contribution >= 0.6 is 0 Å². The number of hydrogen-bond donors (Lipinski definition) is 1. The molecule has 0 saturated carbocycles. The van der Waals surface area contributed by atoms with Crippen LogP contribution < -0.4 is 10.1 Å². The van der Waals surface area contributed by atoms with Crippen molar-refractivity contribution in [3.8, 4) is 5.75 Å². The average molecular weight is 314 g/mol. The highest BCUT2D eigenvalue weighted by molar-refractivity contribution is 5.86. The molecular weight excluding hydrogens is 296 g/mol. The second-order valence-corrected chi connectivity index (χ2v) is 5.80. The topological polar surface area (TPSA) is 34.1 Å². The molecule has 0 saturated heterocycles. The number of ether oxygens (including phenoxy) is 1. The second-order valence-electron chi connectivity index (χ2n) is 5.80. The van der Waals surface area contributed by atoms with Crippen molar-refractivity contribution in [3.63, 3.8) is 0 Å². The molecule has 0 spiro atoms. The van der Waals surface area contributed by atoms with Crippen LogP contribution in [-0.4, -0.2) is 12.1 Å². The van der Waals surface area contributed by atoms with Gasteiger partial charge >= 0.3 is 0 Å². The molecule has 1 aromatic heterocycles. The molecule has 3 heteroatoms. The zero-order chi connectivity index (χ0) is 16.4. The fourth-order valence-electron chi connectivity index (χ4n) is 2.99. The summed E-state index contributed by atoms with van der Waals surface area (Å²) in [7, 11) is 1.71. The van der Waals surface area contributed by atoms with Crippen LogP contribution in [0.4, 0.5) is 5.69 Å². The van der Waals surface area contributed by atoms with Crippen LogP contribution in [0.25, 0.3) is 21.5 Å². The average Bonchev–Trinajstić information content (AvgIpc) is 2.65. The van der Waals surface area contributed by atoms with Crippen molar-refractivity contribution in [2.75, 3.05) is 12.4 Å². The maximum absolute atomic E-state index is 5.54. The molecule has 0 aliphatic rings. The normalized spacial score (nSPS) is 10.9. The van der Waals surface area contributed by atoms with Crippen molar-refractivity contribution in [1.29, 1.82) is 0 Å². The third-order valence-electron chi connectivity index (χ3n) is 4.27. The van der Waals surface area contributed by atoms with Gasteiger partial charge in [0.05, 0.1) is 7.11 Å². The van der Waals surface area contributed by atoms with Gasteiger partial charge in [-0.05, 0) is 46.5 Å². The Morgan fingerprint density at radius 1 is 0.875 bits per heavy atom. The summed E-state index contributed by atoms with van der Waals surface area (Å²) in [5.41, 5.74) is 2.23. The van der Waals surface area contributed by atoms with Gasteiger partial charge in [-0.25, -0.2) is 0 Å². The molecule has 3 nitrogen and oxygen atoms in total. The first-order chi connectivity index (χ1) is 11.8. The molecule has 0 aliphatic heterocycles. The van der Waals surface area contributed by atoms with Crippen LogP contribution in [0.5, 0.6) is 5.75 Å². The Labute approximate surface area is 140 Å². The van der Waals surface area contributed by atoms with Crippen molar-refractivity contribution in [1.82, 2.24) is 4.98 Å². The lowest BCUT2D eigenvalue weighted by Gasteiger charge is -2.12. The highest BCUT2D eigenvalue weighted by Crippen LogP contribution is 2.27. The van der Waals surface area contributed by atoms with Gasteiger partial charge in [-0.2, -0.15) is 0 Å². The molecular formula is C21H18N2O. The lowest BCUT2D eigenvalue weighted by Crippen LogP contribution is -2.02. The molecule has 0 aliphatic carbocycles. The Morgan fingerprint density at radius 3 is 2.58 bits per heavy atom. The smallest absolute Gasteiger partial charge is 0.124 e. The van der Waals surface area contributed by atoms with Crippen LogP contribution in [0.15, 0.2) is 73.1 Å². The summed E-state index contributed by atoms with van der Waals surface area (Å²) in [6.07, 6.45) is 3.67. The number of rotatable bonds is 4. The van der Waals surface area contributed by atoms with Crippen LogP contribution in [0.1, 0.15) is 5.56 Å². The number of hydrogen-bond acceptors (Lipinski definition) is 3. The Morgan fingerprint density at radius 2 is 1.71 bits per heavy atom. The Balaban J connectivity index is 1.63. The fourth-order valence-corrected chi connectivity index (χ4v) is 2.99. The van der Waals surface area contributed by atoms with Crippen molar-refractivity contribution in [2.24, 2.45) is 0 Å². The summed E-state index contributed by atoms with van der Waals surface area (Å²) in [5.74, 6) is 0.879. The largest absolute Gasteiger partial charge is 0.496 e. The van der Waals surface area contributed by atoms with Gasteiger partial charge in [0.15, 0.2) is 0 Å². The molecule has 3 aromatic carbocycles. The van der Waals surface area contributed by atoms with E-state index in [1.807, 2.05) is 24.5 Å². The molecule has 4 aromatic rings. The van der Waals surface area contributed by atoms with Gasteiger partial charge in [-0.15, -0.1) is 0 Å². The lowest BCUT2D eigenvalue weighted by atomic mass is 10.1. The number of fused-ring (bicyclic) bond motifs is 2. The second kappa shape index (κ2) is 6.20. The summed E-state index contributed by atoms with van der Waals surface area (Å²) in [4.78, 5) is 4.17. The summed E-state index contributed by atoms with van der Waals surface area (Å²) in [6.45, 7) is 0.708. The highest BCUT2D eigenvalue weighted by Gasteiger charge is 2.06. The number of pyridine rings is 1. The predicted molar refractivity (Wildman–Crippen MR) is 99.6 cm³/mol. The summed E-state index contributed by atoms with van der Waals surface area (Å²) < 4.78 is 5.54. The van der Waals surface area contributed by atoms with Crippen LogP contribution in [-0.2, 0) is 6.54 Å². The van der Waals surface area contributed by atoms with Crippen molar-refractivity contribution < 1.29 is 4.74 Å². The lowest BCUT2D eigenvalue weighted by molar-refractivity contribution is 0.411. The minimum absolute atomic E-state index is 0.708. The molecule has 4 rings (SSSR count). The first-order valence-electron chi connectivity index (χ1n) is 7.97. The maximum Gasteiger partial charge on any atom is 0.124 e. The van der Waals surface area contributed by atoms with Crippen molar-refractivity contribution in [2.45, 2.75) is 6.54 Å². The molecule has 0 amide bonds. The zero-order valence-corrected chi connectivity index (χ0v) is 13.5. The number of benzene rings is 3. The molecule has 0 bridgehead atoms. The predicted octanol–water partition coefficient (Wildman–Crippen LogP) is 5.01. The molecule has 0 radical (unpaired) electrons. The van der Waals surface area contributed by atoms with E-state index >= 15 is 0 Å². The van der Waals surface area contributed by atoms with E-state index in [2.05, 4.69) is 58.8 Å². The van der Waals surface area contributed by atoms with Gasteiger partial charge < -0.3 is 10.1 Å². The van der Waals surface area contributed by atoms with E-state index in [0.29, 0.717) is 6.54 Å². The Bertz CT molecular complexity index is 1010. The first kappa shape index (κ1) is 14.5. The third-order valence-corrected chi connectivity index (χ3v) is 4.27. The van der Waals surface area contributed by atoms with Gasteiger partial charge in [0, 0.05) is 35.6 Å². The van der Waals surface area contributed by atoms with Gasteiger partial charge in [-0.1, -0.05) is 30.3 Å². The molecule has 0 unspecified atom stereocenters. The third kappa shape index (κ3) is 2.76. The fraction of sp³-hybridized carbons (Fsp3) is 0.0952. The summed E-state index contributed by atoms with van der Waals surface area (Å²) >= 11 is 0. The maximum atomic E-state index is 5.54. The number of aromatic nitrogens is 1. The minimum atomic E-state index is 0.708. The van der Waals surface area contributed by atoms with E-state index in [4.69, 9.17) is 4.74 Å². The van der Waals surface area contributed by atoms with Crippen molar-refractivity contribution >= 4 is 27.2 Å². The van der Waals surface area contributed by atoms with E-state index in [1.54, 1.807) is 7.11 Å². The molecule has 0 atom stereocenters. The Hall–Kier alpha value is -3.07. The number of methoxy groups -OCH3 is 1. The van der Waals surface area contributed by atoms with Crippen molar-refractivity contribution in [3.05, 3.63) is 78.6 Å². The minimum Gasteiger partial charge on any atom is -0.496 e. The van der Waals surface area contributed by atoms with Crippen LogP contribution in [0.3, 0.4) is 0 Å². The molecule has 24 heavy (non-hydrogen) atoms. The number of nitrogens with one attached hydrogen (secondary N) is 1. The van der Waals surface area contributed by atoms with Crippen LogP contribution in [0.2, 0.25) is 0 Å². The van der Waals surface area contributed by atoms with Gasteiger partial charge in [-0.3, -0.25) is 4.98 Å². The number of anilines is 1. The standard InChI is InChI=1S/C21H18N2O/c1-24-21-12-18-13-22-9-8-17(18)10-19(21)14-23-20-7-6-15-4-2-3-5-16(15)11-20/h2-13,23H,14H2,1H3. The molecule has 1 N–H and O–H groups in total. The van der Waals surface area contributed by atoms with E-state index in [1.165, 1.54) is 16.2 Å². The first-order valence-corrected chi connectivity index (χ1v) is 7.97. The molecule has 1 heterocycles. The van der Waals surface area contributed by atoms with E-state index in [9.17, 15) is 0 Å². The van der Waals surface area contributed by atoms with E-state index < -0.39 is 0 Å². The monoisotopic (exact) mass is 314 g/mol. The SMILES string of the molecule is COc1cc2cnccc2cc1CNc1ccc2ccccc2c1. The quantitative estimate of drug-likeness (QED) is 0.575. The highest BCUT2D eigenvalue weighted by atomic mass is 16.5.